The molecule has 174 valence electrons. The topological polar surface area (TPSA) is 133 Å². The van der Waals surface area contributed by atoms with Gasteiger partial charge in [-0.05, 0) is 60.7 Å². The van der Waals surface area contributed by atoms with Gasteiger partial charge in [-0.2, -0.15) is 0 Å². The number of nitrogens with one attached hydrogen (secondary N) is 2. The molecule has 0 fully saturated rings. The summed E-state index contributed by atoms with van der Waals surface area (Å²) in [5.74, 6) is -4.29. The Hall–Kier alpha value is -3.89. The van der Waals surface area contributed by atoms with E-state index in [-0.39, 0.29) is 27.8 Å². The van der Waals surface area contributed by atoms with Gasteiger partial charge in [-0.15, -0.1) is 11.8 Å². The first-order chi connectivity index (χ1) is 16.1. The van der Waals surface area contributed by atoms with Crippen molar-refractivity contribution in [2.24, 2.45) is 0 Å². The first-order valence-electron chi connectivity index (χ1n) is 9.54. The number of thioether (sulfide) groups is 1. The van der Waals surface area contributed by atoms with Gasteiger partial charge in [0.05, 0.1) is 27.5 Å². The Bertz CT molecular complexity index is 1280. The third-order valence-electron chi connectivity index (χ3n) is 4.43. The molecule has 0 aliphatic carbocycles. The number of benzene rings is 3. The Balaban J connectivity index is 1.60. The third kappa shape index (κ3) is 6.33. The number of hydrogen-bond donors (Lipinski definition) is 4. The summed E-state index contributed by atoms with van der Waals surface area (Å²) in [7, 11) is 0. The van der Waals surface area contributed by atoms with Gasteiger partial charge in [0.25, 0.3) is 5.91 Å². The maximum atomic E-state index is 13.2. The number of carboxylic acid groups (broad SMARTS) is 2. The van der Waals surface area contributed by atoms with Gasteiger partial charge < -0.3 is 20.8 Å². The van der Waals surface area contributed by atoms with Crippen molar-refractivity contribution in [1.29, 1.82) is 0 Å². The van der Waals surface area contributed by atoms with Crippen LogP contribution in [0.25, 0.3) is 0 Å². The molecule has 0 spiro atoms. The zero-order valence-electron chi connectivity index (χ0n) is 17.2. The van der Waals surface area contributed by atoms with Gasteiger partial charge in [-0.25, -0.2) is 14.0 Å². The molecule has 0 aromatic heterocycles. The number of halogens is 2. The fourth-order valence-electron chi connectivity index (χ4n) is 2.80. The highest BCUT2D eigenvalue weighted by atomic mass is 35.5. The van der Waals surface area contributed by atoms with E-state index < -0.39 is 29.2 Å². The second-order valence-electron chi connectivity index (χ2n) is 6.81. The monoisotopic (exact) mass is 502 g/mol. The molecule has 11 heteroatoms. The van der Waals surface area contributed by atoms with Crippen LogP contribution in [0.15, 0.2) is 65.6 Å². The second-order valence-corrected chi connectivity index (χ2v) is 8.27. The van der Waals surface area contributed by atoms with Crippen molar-refractivity contribution in [2.45, 2.75) is 4.90 Å². The van der Waals surface area contributed by atoms with E-state index in [1.54, 1.807) is 24.3 Å². The van der Waals surface area contributed by atoms with Gasteiger partial charge in [0.15, 0.2) is 0 Å². The molecular weight excluding hydrogens is 487 g/mol. The van der Waals surface area contributed by atoms with Crippen molar-refractivity contribution < 1.29 is 33.8 Å². The molecule has 0 aliphatic rings. The van der Waals surface area contributed by atoms with Crippen LogP contribution in [-0.2, 0) is 4.79 Å². The van der Waals surface area contributed by atoms with E-state index in [0.717, 1.165) is 29.2 Å². The average Bonchev–Trinajstić information content (AvgIpc) is 2.80. The van der Waals surface area contributed by atoms with Crippen molar-refractivity contribution in [2.75, 3.05) is 16.4 Å². The van der Waals surface area contributed by atoms with Gasteiger partial charge in [0.1, 0.15) is 5.82 Å². The number of hydrogen-bond acceptors (Lipinski definition) is 5. The number of carbonyl (C=O) groups excluding carboxylic acids is 2. The molecule has 3 aromatic rings. The molecular formula is C23H16ClFN2O6S. The zero-order valence-corrected chi connectivity index (χ0v) is 18.7. The molecule has 0 unspecified atom stereocenters. The standard InChI is InChI=1S/C23H16ClFN2O6S/c24-18-10-14(4-8-19(18)25)26-20(28)11-34-15-5-2-13(3-6-15)27-21(29)16-7-1-12(22(30)31)9-17(16)23(32)33/h1-10H,11H2,(H,26,28)(H,27,29)(H,30,31)(H,32,33). The van der Waals surface area contributed by atoms with Crippen LogP contribution in [0.4, 0.5) is 15.8 Å². The summed E-state index contributed by atoms with van der Waals surface area (Å²) in [4.78, 5) is 47.8. The Morgan fingerprint density at radius 2 is 1.50 bits per heavy atom. The molecule has 0 atom stereocenters. The average molecular weight is 503 g/mol. The minimum absolute atomic E-state index is 0.0681. The highest BCUT2D eigenvalue weighted by Crippen LogP contribution is 2.23. The van der Waals surface area contributed by atoms with Crippen LogP contribution in [0.1, 0.15) is 31.1 Å². The number of carbonyl (C=O) groups is 4. The summed E-state index contributed by atoms with van der Waals surface area (Å²) in [6, 6.07) is 13.5. The Morgan fingerprint density at radius 3 is 2.12 bits per heavy atom. The molecule has 0 radical (unpaired) electrons. The van der Waals surface area contributed by atoms with E-state index >= 15 is 0 Å². The van der Waals surface area contributed by atoms with Crippen molar-refractivity contribution >= 4 is 58.5 Å². The first-order valence-corrected chi connectivity index (χ1v) is 10.9. The van der Waals surface area contributed by atoms with E-state index in [0.29, 0.717) is 11.4 Å². The Morgan fingerprint density at radius 1 is 0.824 bits per heavy atom. The molecule has 0 heterocycles. The maximum absolute atomic E-state index is 13.2. The lowest BCUT2D eigenvalue weighted by atomic mass is 10.0. The first kappa shape index (κ1) is 24.7. The normalized spacial score (nSPS) is 10.4. The molecule has 0 aliphatic heterocycles. The van der Waals surface area contributed by atoms with E-state index in [9.17, 15) is 28.7 Å². The van der Waals surface area contributed by atoms with Gasteiger partial charge in [-0.3, -0.25) is 9.59 Å². The Kier molecular flexibility index (Phi) is 7.87. The molecule has 3 rings (SSSR count). The van der Waals surface area contributed by atoms with E-state index in [1.165, 1.54) is 23.9 Å². The molecule has 2 amide bonds. The SMILES string of the molecule is O=C(CSc1ccc(NC(=O)c2ccc(C(=O)O)cc2C(=O)O)cc1)Nc1ccc(F)c(Cl)c1. The number of carboxylic acids is 2. The maximum Gasteiger partial charge on any atom is 0.336 e. The summed E-state index contributed by atoms with van der Waals surface area (Å²) in [5.41, 5.74) is -0.126. The summed E-state index contributed by atoms with van der Waals surface area (Å²) in [6.07, 6.45) is 0. The van der Waals surface area contributed by atoms with Crippen LogP contribution in [-0.4, -0.2) is 39.7 Å². The van der Waals surface area contributed by atoms with Gasteiger partial charge in [-0.1, -0.05) is 11.6 Å². The largest absolute Gasteiger partial charge is 0.478 e. The third-order valence-corrected chi connectivity index (χ3v) is 5.73. The van der Waals surface area contributed by atoms with Gasteiger partial charge in [0.2, 0.25) is 5.91 Å². The lowest BCUT2D eigenvalue weighted by molar-refractivity contribution is -0.113. The molecule has 4 N–H and O–H groups in total. The molecule has 8 nitrogen and oxygen atoms in total. The molecule has 3 aromatic carbocycles. The second kappa shape index (κ2) is 10.8. The van der Waals surface area contributed by atoms with E-state index in [1.807, 2.05) is 0 Å². The number of anilines is 2. The van der Waals surface area contributed by atoms with Crippen molar-refractivity contribution in [3.63, 3.8) is 0 Å². The van der Waals surface area contributed by atoms with Crippen LogP contribution in [0.5, 0.6) is 0 Å². The number of rotatable bonds is 8. The fraction of sp³-hybridized carbons (Fsp3) is 0.0435. The lowest BCUT2D eigenvalue weighted by Crippen LogP contribution is -2.17. The summed E-state index contributed by atoms with van der Waals surface area (Å²) in [5, 5.41) is 23.4. The van der Waals surface area contributed by atoms with E-state index in [2.05, 4.69) is 10.6 Å². The van der Waals surface area contributed by atoms with Gasteiger partial charge in [0, 0.05) is 16.3 Å². The lowest BCUT2D eigenvalue weighted by Gasteiger charge is -2.10. The zero-order chi connectivity index (χ0) is 24.8. The van der Waals surface area contributed by atoms with Gasteiger partial charge >= 0.3 is 11.9 Å². The van der Waals surface area contributed by atoms with Crippen molar-refractivity contribution in [3.05, 3.63) is 88.2 Å². The summed E-state index contributed by atoms with van der Waals surface area (Å²) < 4.78 is 13.2. The van der Waals surface area contributed by atoms with Crippen LogP contribution in [0.2, 0.25) is 5.02 Å². The molecule has 0 saturated carbocycles. The summed E-state index contributed by atoms with van der Waals surface area (Å²) >= 11 is 6.91. The quantitative estimate of drug-likeness (QED) is 0.323. The highest BCUT2D eigenvalue weighted by Gasteiger charge is 2.19. The number of aromatic carboxylic acids is 2. The number of amides is 2. The molecule has 34 heavy (non-hydrogen) atoms. The van der Waals surface area contributed by atoms with Crippen LogP contribution < -0.4 is 10.6 Å². The predicted octanol–water partition coefficient (Wildman–Crippen LogP) is 4.86. The van der Waals surface area contributed by atoms with Crippen molar-refractivity contribution in [1.82, 2.24) is 0 Å². The van der Waals surface area contributed by atoms with Crippen LogP contribution in [0, 0.1) is 5.82 Å². The highest BCUT2D eigenvalue weighted by molar-refractivity contribution is 8.00. The van der Waals surface area contributed by atoms with Crippen LogP contribution >= 0.6 is 23.4 Å². The van der Waals surface area contributed by atoms with Crippen molar-refractivity contribution in [3.8, 4) is 0 Å². The summed E-state index contributed by atoms with van der Waals surface area (Å²) in [6.45, 7) is 0. The minimum Gasteiger partial charge on any atom is -0.478 e. The Labute approximate surface area is 201 Å². The smallest absolute Gasteiger partial charge is 0.336 e. The molecule has 0 bridgehead atoms. The minimum atomic E-state index is -1.43. The fourth-order valence-corrected chi connectivity index (χ4v) is 3.68. The predicted molar refractivity (Wildman–Crippen MR) is 126 cm³/mol. The molecule has 0 saturated heterocycles. The van der Waals surface area contributed by atoms with Crippen LogP contribution in [0.3, 0.4) is 0 Å². The van der Waals surface area contributed by atoms with E-state index in [4.69, 9.17) is 16.7 Å².